The highest BCUT2D eigenvalue weighted by Crippen LogP contribution is 2.39. The van der Waals surface area contributed by atoms with Crippen molar-refractivity contribution in [1.82, 2.24) is 0 Å². The van der Waals surface area contributed by atoms with Gasteiger partial charge in [-0.3, -0.25) is 0 Å². The molecule has 1 saturated heterocycles. The Morgan fingerprint density at radius 1 is 1.29 bits per heavy atom. The van der Waals surface area contributed by atoms with Crippen LogP contribution in [0.15, 0.2) is 23.4 Å². The minimum atomic E-state index is 0.188. The van der Waals surface area contributed by atoms with Crippen LogP contribution in [-0.4, -0.2) is 24.1 Å². The van der Waals surface area contributed by atoms with E-state index in [-0.39, 0.29) is 5.84 Å². The Kier molecular flexibility index (Phi) is 4.76. The van der Waals surface area contributed by atoms with Crippen molar-refractivity contribution in [3.63, 3.8) is 0 Å². The smallest absolute Gasteiger partial charge is 0.172 e. The van der Waals surface area contributed by atoms with Gasteiger partial charge in [0, 0.05) is 24.3 Å². The van der Waals surface area contributed by atoms with Crippen molar-refractivity contribution in [2.75, 3.05) is 18.0 Å². The van der Waals surface area contributed by atoms with Crippen LogP contribution in [0.2, 0.25) is 0 Å². The number of aryl methyl sites for hydroxylation is 1. The fourth-order valence-electron chi connectivity index (χ4n) is 3.35. The normalized spacial score (nSPS) is 18.8. The first-order valence-corrected chi connectivity index (χ1v) is 7.88. The van der Waals surface area contributed by atoms with E-state index < -0.39 is 0 Å². The van der Waals surface area contributed by atoms with Crippen molar-refractivity contribution in [1.29, 1.82) is 0 Å². The summed E-state index contributed by atoms with van der Waals surface area (Å²) in [6.07, 6.45) is 4.92. The third-order valence-electron chi connectivity index (χ3n) is 5.20. The number of nitrogens with two attached hydrogens (primary N) is 1. The molecule has 2 rings (SSSR count). The summed E-state index contributed by atoms with van der Waals surface area (Å²) in [6.45, 7) is 8.75. The maximum Gasteiger partial charge on any atom is 0.172 e. The van der Waals surface area contributed by atoms with Gasteiger partial charge in [-0.2, -0.15) is 0 Å². The number of piperidine rings is 1. The Morgan fingerprint density at radius 3 is 2.43 bits per heavy atom. The summed E-state index contributed by atoms with van der Waals surface area (Å²) in [5.74, 6) is 0.188. The van der Waals surface area contributed by atoms with Gasteiger partial charge in [0.05, 0.1) is 0 Å². The lowest BCUT2D eigenvalue weighted by molar-refractivity contribution is 0.199. The molecule has 0 saturated carbocycles. The van der Waals surface area contributed by atoms with E-state index >= 15 is 0 Å². The molecular formula is C17H27N3O. The molecule has 1 aliphatic heterocycles. The topological polar surface area (TPSA) is 61.8 Å². The van der Waals surface area contributed by atoms with Crippen LogP contribution >= 0.6 is 0 Å². The lowest BCUT2D eigenvalue weighted by Gasteiger charge is -2.42. The molecule has 1 heterocycles. The van der Waals surface area contributed by atoms with E-state index in [0.717, 1.165) is 24.3 Å². The molecule has 116 valence electrons. The summed E-state index contributed by atoms with van der Waals surface area (Å²) in [6, 6.07) is 6.09. The first-order chi connectivity index (χ1) is 10.0. The average Bonchev–Trinajstić information content (AvgIpc) is 2.54. The van der Waals surface area contributed by atoms with Gasteiger partial charge in [-0.05, 0) is 42.9 Å². The number of oxime groups is 1. The number of amidine groups is 1. The summed E-state index contributed by atoms with van der Waals surface area (Å²) >= 11 is 0. The number of hydrogen-bond donors (Lipinski definition) is 2. The Balaban J connectivity index is 2.26. The minimum Gasteiger partial charge on any atom is -0.409 e. The van der Waals surface area contributed by atoms with E-state index in [1.165, 1.54) is 31.2 Å². The molecule has 1 fully saturated rings. The number of rotatable bonds is 4. The monoisotopic (exact) mass is 289 g/mol. The molecule has 0 bridgehead atoms. The van der Waals surface area contributed by atoms with Crippen molar-refractivity contribution in [2.45, 2.75) is 46.5 Å². The SMILES string of the molecule is CCC1(CC)CCN(c2cc(C)ccc2C(N)=NO)CC1. The lowest BCUT2D eigenvalue weighted by Crippen LogP contribution is -2.40. The van der Waals surface area contributed by atoms with Gasteiger partial charge >= 0.3 is 0 Å². The fourth-order valence-corrected chi connectivity index (χ4v) is 3.35. The maximum absolute atomic E-state index is 8.98. The summed E-state index contributed by atoms with van der Waals surface area (Å²) < 4.78 is 0. The molecule has 4 heteroatoms. The molecule has 0 radical (unpaired) electrons. The highest BCUT2D eigenvalue weighted by atomic mass is 16.4. The quantitative estimate of drug-likeness (QED) is 0.386. The Labute approximate surface area is 127 Å². The minimum absolute atomic E-state index is 0.188. The van der Waals surface area contributed by atoms with E-state index in [1.54, 1.807) is 0 Å². The molecule has 1 aliphatic rings. The van der Waals surface area contributed by atoms with Crippen LogP contribution in [0.5, 0.6) is 0 Å². The van der Waals surface area contributed by atoms with Crippen LogP contribution < -0.4 is 10.6 Å². The van der Waals surface area contributed by atoms with Crippen molar-refractivity contribution in [3.05, 3.63) is 29.3 Å². The van der Waals surface area contributed by atoms with Crippen molar-refractivity contribution >= 4 is 11.5 Å². The van der Waals surface area contributed by atoms with Gasteiger partial charge in [0.25, 0.3) is 0 Å². The van der Waals surface area contributed by atoms with Crippen LogP contribution in [-0.2, 0) is 0 Å². The van der Waals surface area contributed by atoms with Crippen molar-refractivity contribution in [3.8, 4) is 0 Å². The molecule has 0 aliphatic carbocycles. The van der Waals surface area contributed by atoms with E-state index in [2.05, 4.69) is 36.9 Å². The predicted octanol–water partition coefficient (Wildman–Crippen LogP) is 3.50. The van der Waals surface area contributed by atoms with Crippen molar-refractivity contribution in [2.24, 2.45) is 16.3 Å². The summed E-state index contributed by atoms with van der Waals surface area (Å²) in [5.41, 5.74) is 9.44. The van der Waals surface area contributed by atoms with Gasteiger partial charge in [0.15, 0.2) is 5.84 Å². The molecule has 1 aromatic carbocycles. The van der Waals surface area contributed by atoms with Crippen LogP contribution in [0, 0.1) is 12.3 Å². The van der Waals surface area contributed by atoms with E-state index in [9.17, 15) is 0 Å². The van der Waals surface area contributed by atoms with Crippen LogP contribution in [0.4, 0.5) is 5.69 Å². The number of hydrogen-bond acceptors (Lipinski definition) is 3. The number of nitrogens with zero attached hydrogens (tertiary/aromatic N) is 2. The van der Waals surface area contributed by atoms with E-state index in [1.807, 2.05) is 12.1 Å². The molecular weight excluding hydrogens is 262 g/mol. The average molecular weight is 289 g/mol. The molecule has 0 aromatic heterocycles. The molecule has 0 atom stereocenters. The summed E-state index contributed by atoms with van der Waals surface area (Å²) in [4.78, 5) is 2.38. The van der Waals surface area contributed by atoms with Crippen LogP contribution in [0.1, 0.15) is 50.7 Å². The van der Waals surface area contributed by atoms with Gasteiger partial charge in [0.1, 0.15) is 0 Å². The zero-order chi connectivity index (χ0) is 15.5. The van der Waals surface area contributed by atoms with Gasteiger partial charge < -0.3 is 15.8 Å². The molecule has 1 aromatic rings. The van der Waals surface area contributed by atoms with Gasteiger partial charge in [0.2, 0.25) is 0 Å². The second kappa shape index (κ2) is 6.37. The highest BCUT2D eigenvalue weighted by Gasteiger charge is 2.32. The van der Waals surface area contributed by atoms with Crippen molar-refractivity contribution < 1.29 is 5.21 Å². The molecule has 21 heavy (non-hydrogen) atoms. The first-order valence-electron chi connectivity index (χ1n) is 7.88. The predicted molar refractivity (Wildman–Crippen MR) is 88.2 cm³/mol. The highest BCUT2D eigenvalue weighted by molar-refractivity contribution is 6.02. The van der Waals surface area contributed by atoms with Crippen LogP contribution in [0.25, 0.3) is 0 Å². The van der Waals surface area contributed by atoms with Gasteiger partial charge in [-0.1, -0.05) is 37.9 Å². The molecule has 0 spiro atoms. The van der Waals surface area contributed by atoms with Crippen LogP contribution in [0.3, 0.4) is 0 Å². The zero-order valence-corrected chi connectivity index (χ0v) is 13.4. The molecule has 4 nitrogen and oxygen atoms in total. The molecule has 0 amide bonds. The van der Waals surface area contributed by atoms with E-state index in [4.69, 9.17) is 10.9 Å². The second-order valence-electron chi connectivity index (χ2n) is 6.20. The standard InChI is InChI=1S/C17H27N3O/c1-4-17(5-2)8-10-20(11-9-17)15-12-13(3)6-7-14(15)16(18)19-21/h6-7,12,21H,4-5,8-11H2,1-3H3,(H2,18,19). The summed E-state index contributed by atoms with van der Waals surface area (Å²) in [7, 11) is 0. The third-order valence-corrected chi connectivity index (χ3v) is 5.20. The zero-order valence-electron chi connectivity index (χ0n) is 13.4. The largest absolute Gasteiger partial charge is 0.409 e. The second-order valence-corrected chi connectivity index (χ2v) is 6.20. The van der Waals surface area contributed by atoms with Gasteiger partial charge in [-0.25, -0.2) is 0 Å². The van der Waals surface area contributed by atoms with Gasteiger partial charge in [-0.15, -0.1) is 0 Å². The summed E-state index contributed by atoms with van der Waals surface area (Å²) in [5, 5.41) is 12.2. The Morgan fingerprint density at radius 2 is 1.90 bits per heavy atom. The lowest BCUT2D eigenvalue weighted by atomic mass is 9.74. The fraction of sp³-hybridized carbons (Fsp3) is 0.588. The first kappa shape index (κ1) is 15.7. The third kappa shape index (κ3) is 3.14. The number of anilines is 1. The number of benzene rings is 1. The van der Waals surface area contributed by atoms with E-state index in [0.29, 0.717) is 5.41 Å². The molecule has 3 N–H and O–H groups in total. The Hall–Kier alpha value is -1.71. The molecule has 0 unspecified atom stereocenters. The Bertz CT molecular complexity index is 511. The maximum atomic E-state index is 8.98.